The van der Waals surface area contributed by atoms with Gasteiger partial charge in [0, 0.05) is 5.92 Å². The van der Waals surface area contributed by atoms with Crippen molar-refractivity contribution in [2.45, 2.75) is 140 Å². The number of hydrogen-bond donors (Lipinski definition) is 2. The largest absolute Gasteiger partial charge is 0.481 e. The zero-order chi connectivity index (χ0) is 31.5. The highest BCUT2D eigenvalue weighted by molar-refractivity contribution is 5.77. The molecule has 1 aromatic rings. The molecule has 5 aliphatic carbocycles. The Balaban J connectivity index is 1.49. The van der Waals surface area contributed by atoms with Gasteiger partial charge < -0.3 is 10.2 Å². The summed E-state index contributed by atoms with van der Waals surface area (Å²) in [6.45, 7) is 23.2. The maximum absolute atomic E-state index is 13.5. The average molecular weight is 591 g/mol. The van der Waals surface area contributed by atoms with Crippen LogP contribution in [0.25, 0.3) is 0 Å². The minimum absolute atomic E-state index is 0.000538. The van der Waals surface area contributed by atoms with Crippen molar-refractivity contribution in [1.82, 2.24) is 9.97 Å². The van der Waals surface area contributed by atoms with Crippen LogP contribution in [0.1, 0.15) is 129 Å². The molecule has 4 saturated carbocycles. The van der Waals surface area contributed by atoms with Crippen molar-refractivity contribution >= 4 is 5.97 Å². The van der Waals surface area contributed by atoms with Crippen molar-refractivity contribution < 1.29 is 15.0 Å². The van der Waals surface area contributed by atoms with Crippen molar-refractivity contribution in [3.05, 3.63) is 34.4 Å². The average Bonchev–Trinajstić information content (AvgIpc) is 2.91. The number of nitrogens with zero attached hydrogens (tertiary/aromatic N) is 2. The predicted octanol–water partition coefficient (Wildman–Crippen LogP) is 8.42. The van der Waals surface area contributed by atoms with Crippen molar-refractivity contribution in [1.29, 1.82) is 0 Å². The number of hydrogen-bond acceptors (Lipinski definition) is 4. The molecule has 2 N–H and O–H groups in total. The van der Waals surface area contributed by atoms with Crippen molar-refractivity contribution in [2.75, 3.05) is 0 Å². The third kappa shape index (κ3) is 4.07. The highest BCUT2D eigenvalue weighted by Crippen LogP contribution is 2.76. The molecule has 5 heteroatoms. The molecule has 1 heterocycles. The fourth-order valence-corrected chi connectivity index (χ4v) is 12.3. The van der Waals surface area contributed by atoms with E-state index in [0.717, 1.165) is 87.0 Å². The van der Waals surface area contributed by atoms with E-state index in [1.54, 1.807) is 0 Å². The van der Waals surface area contributed by atoms with E-state index in [-0.39, 0.29) is 45.0 Å². The van der Waals surface area contributed by atoms with Gasteiger partial charge in [-0.3, -0.25) is 14.8 Å². The van der Waals surface area contributed by atoms with Gasteiger partial charge in [0.2, 0.25) is 0 Å². The molecule has 0 aliphatic heterocycles. The summed E-state index contributed by atoms with van der Waals surface area (Å²) in [5.41, 5.74) is 4.91. The van der Waals surface area contributed by atoms with Crippen LogP contribution >= 0.6 is 0 Å². The van der Waals surface area contributed by atoms with Gasteiger partial charge in [0.05, 0.1) is 34.3 Å². The van der Waals surface area contributed by atoms with Gasteiger partial charge in [-0.1, -0.05) is 60.1 Å². The molecule has 0 spiro atoms. The highest BCUT2D eigenvalue weighted by atomic mass is 16.4. The van der Waals surface area contributed by atoms with E-state index >= 15 is 0 Å². The molecule has 0 bridgehead atoms. The molecule has 5 aliphatic rings. The molecule has 9 atom stereocenters. The Labute approximate surface area is 260 Å². The zero-order valence-corrected chi connectivity index (χ0v) is 28.7. The van der Waals surface area contributed by atoms with Crippen molar-refractivity contribution in [3.63, 3.8) is 0 Å². The first-order valence-corrected chi connectivity index (χ1v) is 17.3. The van der Waals surface area contributed by atoms with Crippen LogP contribution in [-0.2, 0) is 11.2 Å². The van der Waals surface area contributed by atoms with Crippen LogP contribution in [0.2, 0.25) is 0 Å². The molecule has 43 heavy (non-hydrogen) atoms. The molecule has 0 aromatic carbocycles. The second-order valence-corrected chi connectivity index (χ2v) is 17.8. The SMILES string of the molecule is Cc1nc(C)c(CC2C3C4=CCC5C6(C)CCC(O)C(C)(C)C6CCC5(C)C4(C)CCC3(C(=O)O)CCC2(C)C)nc1C. The number of carboxylic acids is 1. The molecule has 5 nitrogen and oxygen atoms in total. The number of aryl methyl sites for hydroxylation is 3. The first-order valence-electron chi connectivity index (χ1n) is 17.3. The van der Waals surface area contributed by atoms with E-state index in [1.807, 2.05) is 13.8 Å². The Hall–Kier alpha value is -1.75. The number of aliphatic hydroxyl groups is 1. The smallest absolute Gasteiger partial charge is 0.310 e. The number of carboxylic acid groups (broad SMARTS) is 1. The fraction of sp³-hybridized carbons (Fsp3) is 0.816. The van der Waals surface area contributed by atoms with Crippen LogP contribution in [0.4, 0.5) is 0 Å². The van der Waals surface area contributed by atoms with Crippen LogP contribution in [0, 0.1) is 76.9 Å². The minimum atomic E-state index is -0.714. The van der Waals surface area contributed by atoms with Gasteiger partial charge >= 0.3 is 5.97 Å². The van der Waals surface area contributed by atoms with Crippen molar-refractivity contribution in [3.8, 4) is 0 Å². The number of aliphatic carboxylic acids is 1. The number of allylic oxidation sites excluding steroid dienone is 2. The Bertz CT molecular complexity index is 1360. The molecular formula is C38H58N2O3. The lowest BCUT2D eigenvalue weighted by molar-refractivity contribution is -0.208. The summed E-state index contributed by atoms with van der Waals surface area (Å²) in [6, 6.07) is 0. The summed E-state index contributed by atoms with van der Waals surface area (Å²) >= 11 is 0. The van der Waals surface area contributed by atoms with Crippen LogP contribution < -0.4 is 0 Å². The molecule has 1 aromatic heterocycles. The van der Waals surface area contributed by atoms with E-state index < -0.39 is 11.4 Å². The quantitative estimate of drug-likeness (QED) is 0.345. The lowest BCUT2D eigenvalue weighted by Gasteiger charge is -2.71. The minimum Gasteiger partial charge on any atom is -0.481 e. The van der Waals surface area contributed by atoms with Gasteiger partial charge in [0.1, 0.15) is 0 Å². The third-order valence-corrected chi connectivity index (χ3v) is 15.5. The molecule has 0 radical (unpaired) electrons. The van der Waals surface area contributed by atoms with Gasteiger partial charge in [-0.05, 0) is 130 Å². The van der Waals surface area contributed by atoms with Gasteiger partial charge in [0.15, 0.2) is 0 Å². The predicted molar refractivity (Wildman–Crippen MR) is 172 cm³/mol. The maximum atomic E-state index is 13.5. The maximum Gasteiger partial charge on any atom is 0.310 e. The first kappa shape index (κ1) is 31.2. The van der Waals surface area contributed by atoms with E-state index in [0.29, 0.717) is 11.8 Å². The van der Waals surface area contributed by atoms with E-state index in [1.165, 1.54) is 5.57 Å². The molecule has 9 unspecified atom stereocenters. The first-order chi connectivity index (χ1) is 19.8. The summed E-state index contributed by atoms with van der Waals surface area (Å²) in [4.78, 5) is 23.4. The summed E-state index contributed by atoms with van der Waals surface area (Å²) in [6.07, 6.45) is 11.8. The van der Waals surface area contributed by atoms with Gasteiger partial charge in [-0.2, -0.15) is 0 Å². The lowest BCUT2D eigenvalue weighted by atomic mass is 9.33. The standard InChI is InChI=1S/C38H58N2O3/c1-22-23(2)40-27(24(3)39-22)21-26-31-25-11-12-29-35(8)15-14-30(41)34(6,7)28(35)13-16-37(29,10)36(25,9)18-20-38(31,32(42)43)19-17-33(26,4)5/h11,26,28-31,41H,12-21H2,1-10H3,(H,42,43). The van der Waals surface area contributed by atoms with Crippen LogP contribution in [0.15, 0.2) is 11.6 Å². The zero-order valence-electron chi connectivity index (χ0n) is 28.7. The number of fused-ring (bicyclic) bond motifs is 7. The van der Waals surface area contributed by atoms with Crippen LogP contribution in [0.5, 0.6) is 0 Å². The van der Waals surface area contributed by atoms with E-state index in [9.17, 15) is 15.0 Å². The molecule has 238 valence electrons. The molecule has 4 fully saturated rings. The topological polar surface area (TPSA) is 83.3 Å². The normalized spacial score (nSPS) is 44.7. The van der Waals surface area contributed by atoms with Gasteiger partial charge in [-0.15, -0.1) is 0 Å². The summed E-state index contributed by atoms with van der Waals surface area (Å²) in [5.74, 6) is 0.654. The Morgan fingerprint density at radius 2 is 1.49 bits per heavy atom. The summed E-state index contributed by atoms with van der Waals surface area (Å²) < 4.78 is 0. The van der Waals surface area contributed by atoms with Crippen LogP contribution in [-0.4, -0.2) is 32.3 Å². The molecule has 6 rings (SSSR count). The third-order valence-electron chi connectivity index (χ3n) is 15.5. The second-order valence-electron chi connectivity index (χ2n) is 17.8. The lowest BCUT2D eigenvalue weighted by Crippen LogP contribution is -2.66. The summed E-state index contributed by atoms with van der Waals surface area (Å²) in [5, 5.41) is 22.2. The number of rotatable bonds is 3. The number of aromatic nitrogens is 2. The molecular weight excluding hydrogens is 532 g/mol. The van der Waals surface area contributed by atoms with Crippen LogP contribution in [0.3, 0.4) is 0 Å². The Morgan fingerprint density at radius 3 is 2.16 bits per heavy atom. The molecule has 0 amide bonds. The van der Waals surface area contributed by atoms with E-state index in [4.69, 9.17) is 9.97 Å². The second kappa shape index (κ2) is 9.63. The molecule has 0 saturated heterocycles. The number of aliphatic hydroxyl groups excluding tert-OH is 1. The fourth-order valence-electron chi connectivity index (χ4n) is 12.3. The summed E-state index contributed by atoms with van der Waals surface area (Å²) in [7, 11) is 0. The van der Waals surface area contributed by atoms with Gasteiger partial charge in [0.25, 0.3) is 0 Å². The number of carbonyl (C=O) groups is 1. The van der Waals surface area contributed by atoms with Gasteiger partial charge in [-0.25, -0.2) is 0 Å². The van der Waals surface area contributed by atoms with Crippen molar-refractivity contribution in [2.24, 2.45) is 56.2 Å². The van der Waals surface area contributed by atoms with E-state index in [2.05, 4.69) is 61.5 Å². The monoisotopic (exact) mass is 590 g/mol. The Morgan fingerprint density at radius 1 is 0.837 bits per heavy atom. The highest BCUT2D eigenvalue weighted by Gasteiger charge is 2.70. The Kier molecular flexibility index (Phi) is 7.00.